The number of aliphatic imine (C=N–C) groups is 1. The number of urea groups is 1. The van der Waals surface area contributed by atoms with Crippen molar-refractivity contribution >= 4 is 52.4 Å². The topological polar surface area (TPSA) is 103 Å². The first kappa shape index (κ1) is 20.8. The highest BCUT2D eigenvalue weighted by Crippen LogP contribution is 2.39. The third-order valence-corrected chi connectivity index (χ3v) is 3.97. The minimum Gasteiger partial charge on any atom is -0.480 e. The molecule has 0 saturated heterocycles. The molecule has 2 aromatic rings. The van der Waals surface area contributed by atoms with Crippen molar-refractivity contribution in [3.63, 3.8) is 0 Å². The molecule has 0 aliphatic carbocycles. The molecule has 1 N–H and O–H groups in total. The van der Waals surface area contributed by atoms with Gasteiger partial charge in [0.25, 0.3) is 5.69 Å². The third kappa shape index (κ3) is 5.00. The van der Waals surface area contributed by atoms with Crippen LogP contribution >= 0.6 is 34.8 Å². The molecule has 0 aliphatic heterocycles. The van der Waals surface area contributed by atoms with Crippen molar-refractivity contribution in [1.82, 2.24) is 5.32 Å². The second-order valence-electron chi connectivity index (χ2n) is 4.91. The third-order valence-electron chi connectivity index (χ3n) is 3.19. The minimum absolute atomic E-state index is 0.0650. The molecule has 2 aromatic carbocycles. The molecule has 2 amide bonds. The summed E-state index contributed by atoms with van der Waals surface area (Å²) in [7, 11) is 2.59. The first-order chi connectivity index (χ1) is 12.8. The van der Waals surface area contributed by atoms with Gasteiger partial charge in [-0.3, -0.25) is 10.1 Å². The van der Waals surface area contributed by atoms with Crippen LogP contribution in [0.2, 0.25) is 15.1 Å². The highest BCUT2D eigenvalue weighted by atomic mass is 35.5. The summed E-state index contributed by atoms with van der Waals surface area (Å²) in [6, 6.07) is 5.94. The summed E-state index contributed by atoms with van der Waals surface area (Å²) in [5.41, 5.74) is -0.398. The van der Waals surface area contributed by atoms with E-state index in [0.717, 1.165) is 0 Å². The maximum atomic E-state index is 11.5. The number of amides is 2. The molecule has 2 rings (SSSR count). The van der Waals surface area contributed by atoms with Crippen LogP contribution in [0, 0.1) is 10.1 Å². The minimum atomic E-state index is -0.740. The molecule has 0 heterocycles. The van der Waals surface area contributed by atoms with Crippen molar-refractivity contribution < 1.29 is 19.2 Å². The average Bonchev–Trinajstić information content (AvgIpc) is 2.62. The summed E-state index contributed by atoms with van der Waals surface area (Å²) >= 11 is 18.0. The lowest BCUT2D eigenvalue weighted by atomic mass is 10.1. The van der Waals surface area contributed by atoms with Crippen LogP contribution in [0.15, 0.2) is 35.3 Å². The first-order valence-electron chi connectivity index (χ1n) is 7.22. The molecule has 27 heavy (non-hydrogen) atoms. The SMILES string of the molecule is CNC(=O)N=C(OC)c1cc(Oc2c(Cl)cc(Cl)cc2Cl)ccc1[N+](=O)[O-]. The fourth-order valence-electron chi connectivity index (χ4n) is 2.02. The Balaban J connectivity index is 2.54. The number of nitro groups is 1. The van der Waals surface area contributed by atoms with Crippen molar-refractivity contribution in [1.29, 1.82) is 0 Å². The van der Waals surface area contributed by atoms with Gasteiger partial charge in [0.05, 0.1) is 22.1 Å². The summed E-state index contributed by atoms with van der Waals surface area (Å²) in [4.78, 5) is 25.8. The Kier molecular flexibility index (Phi) is 6.84. The summed E-state index contributed by atoms with van der Waals surface area (Å²) in [6.07, 6.45) is 0. The summed E-state index contributed by atoms with van der Waals surface area (Å²) < 4.78 is 10.7. The van der Waals surface area contributed by atoms with Crippen LogP contribution in [0.5, 0.6) is 11.5 Å². The Hall–Kier alpha value is -2.55. The van der Waals surface area contributed by atoms with E-state index in [1.165, 1.54) is 44.5 Å². The highest BCUT2D eigenvalue weighted by Gasteiger charge is 2.22. The molecule has 0 atom stereocenters. The number of carbonyl (C=O) groups excluding carboxylic acids is 1. The molecule has 142 valence electrons. The Morgan fingerprint density at radius 3 is 2.33 bits per heavy atom. The van der Waals surface area contributed by atoms with Gasteiger partial charge in [0, 0.05) is 24.2 Å². The van der Waals surface area contributed by atoms with Gasteiger partial charge < -0.3 is 14.8 Å². The van der Waals surface area contributed by atoms with Crippen molar-refractivity contribution in [2.45, 2.75) is 0 Å². The largest absolute Gasteiger partial charge is 0.480 e. The van der Waals surface area contributed by atoms with E-state index in [1.807, 2.05) is 0 Å². The number of benzene rings is 2. The van der Waals surface area contributed by atoms with E-state index in [0.29, 0.717) is 5.02 Å². The maximum Gasteiger partial charge on any atom is 0.343 e. The molecular formula is C16H12Cl3N3O5. The predicted octanol–water partition coefficient (Wildman–Crippen LogP) is 5.08. The number of rotatable bonds is 4. The molecular weight excluding hydrogens is 421 g/mol. The molecule has 0 aliphatic rings. The van der Waals surface area contributed by atoms with E-state index in [1.54, 1.807) is 0 Å². The zero-order valence-corrected chi connectivity index (χ0v) is 16.2. The Morgan fingerprint density at radius 2 is 1.81 bits per heavy atom. The van der Waals surface area contributed by atoms with Gasteiger partial charge in [-0.15, -0.1) is 0 Å². The van der Waals surface area contributed by atoms with E-state index in [2.05, 4.69) is 10.3 Å². The second-order valence-corrected chi connectivity index (χ2v) is 6.16. The van der Waals surface area contributed by atoms with Gasteiger partial charge in [-0.2, -0.15) is 4.99 Å². The zero-order chi connectivity index (χ0) is 20.1. The predicted molar refractivity (Wildman–Crippen MR) is 103 cm³/mol. The van der Waals surface area contributed by atoms with Crippen LogP contribution in [0.1, 0.15) is 5.56 Å². The van der Waals surface area contributed by atoms with E-state index >= 15 is 0 Å². The van der Waals surface area contributed by atoms with Gasteiger partial charge >= 0.3 is 6.03 Å². The van der Waals surface area contributed by atoms with Crippen LogP contribution in [-0.2, 0) is 4.74 Å². The highest BCUT2D eigenvalue weighted by molar-refractivity contribution is 6.40. The Labute approximate surface area is 168 Å². The fraction of sp³-hybridized carbons (Fsp3) is 0.125. The molecule has 0 aromatic heterocycles. The lowest BCUT2D eigenvalue weighted by molar-refractivity contribution is -0.385. The van der Waals surface area contributed by atoms with Crippen molar-refractivity contribution in [2.24, 2.45) is 4.99 Å². The number of methoxy groups -OCH3 is 1. The van der Waals surface area contributed by atoms with Crippen molar-refractivity contribution in [3.05, 3.63) is 61.1 Å². The molecule has 11 heteroatoms. The van der Waals surface area contributed by atoms with Crippen LogP contribution in [0.3, 0.4) is 0 Å². The smallest absolute Gasteiger partial charge is 0.343 e. The van der Waals surface area contributed by atoms with Gasteiger partial charge in [0.15, 0.2) is 5.75 Å². The van der Waals surface area contributed by atoms with Crippen molar-refractivity contribution in [3.8, 4) is 11.5 Å². The van der Waals surface area contributed by atoms with Crippen molar-refractivity contribution in [2.75, 3.05) is 14.2 Å². The number of hydrogen-bond acceptors (Lipinski definition) is 5. The summed E-state index contributed by atoms with van der Waals surface area (Å²) in [6.45, 7) is 0. The first-order valence-corrected chi connectivity index (χ1v) is 8.35. The summed E-state index contributed by atoms with van der Waals surface area (Å²) in [5.74, 6) is 0.00734. The standard InChI is InChI=1S/C16H12Cl3N3O5/c1-20-16(23)21-15(26-2)10-7-9(3-4-13(10)22(24)25)27-14-11(18)5-8(17)6-12(14)19/h3-7H,1-2H3,(H,20,23). The number of hydrogen-bond donors (Lipinski definition) is 1. The van der Waals surface area contributed by atoms with Crippen LogP contribution in [0.25, 0.3) is 0 Å². The molecule has 0 fully saturated rings. The average molecular weight is 433 g/mol. The summed E-state index contributed by atoms with van der Waals surface area (Å²) in [5, 5.41) is 14.2. The number of halogens is 3. The van der Waals surface area contributed by atoms with Gasteiger partial charge in [0.1, 0.15) is 11.3 Å². The number of carbonyl (C=O) groups is 1. The lowest BCUT2D eigenvalue weighted by Gasteiger charge is -2.12. The molecule has 8 nitrogen and oxygen atoms in total. The molecule has 0 radical (unpaired) electrons. The van der Waals surface area contributed by atoms with E-state index < -0.39 is 11.0 Å². The molecule has 0 bridgehead atoms. The number of nitro benzene ring substituents is 1. The Morgan fingerprint density at radius 1 is 1.19 bits per heavy atom. The number of nitrogens with zero attached hydrogens (tertiary/aromatic N) is 2. The monoisotopic (exact) mass is 431 g/mol. The molecule has 0 spiro atoms. The second kappa shape index (κ2) is 8.90. The van der Waals surface area contributed by atoms with Crippen LogP contribution in [0.4, 0.5) is 10.5 Å². The van der Waals surface area contributed by atoms with E-state index in [4.69, 9.17) is 44.3 Å². The van der Waals surface area contributed by atoms with E-state index in [9.17, 15) is 14.9 Å². The van der Waals surface area contributed by atoms with Crippen LogP contribution in [-0.4, -0.2) is 31.0 Å². The zero-order valence-electron chi connectivity index (χ0n) is 14.0. The lowest BCUT2D eigenvalue weighted by Crippen LogP contribution is -2.17. The van der Waals surface area contributed by atoms with Gasteiger partial charge in [-0.1, -0.05) is 34.8 Å². The van der Waals surface area contributed by atoms with Gasteiger partial charge in [-0.25, -0.2) is 4.79 Å². The van der Waals surface area contributed by atoms with Gasteiger partial charge in [0.2, 0.25) is 5.90 Å². The quantitative estimate of drug-likeness (QED) is 0.314. The number of ether oxygens (including phenoxy) is 2. The van der Waals surface area contributed by atoms with E-state index in [-0.39, 0.29) is 38.7 Å². The fourth-order valence-corrected chi connectivity index (χ4v) is 2.91. The normalized spacial score (nSPS) is 11.1. The van der Waals surface area contributed by atoms with Gasteiger partial charge in [-0.05, 0) is 18.2 Å². The Bertz CT molecular complexity index is 911. The molecule has 0 unspecified atom stereocenters. The maximum absolute atomic E-state index is 11.5. The molecule has 0 saturated carbocycles. The number of nitrogens with one attached hydrogen (secondary N) is 1. The van der Waals surface area contributed by atoms with Crippen LogP contribution < -0.4 is 10.1 Å².